The summed E-state index contributed by atoms with van der Waals surface area (Å²) < 4.78 is 0. The standard InChI is InChI=1S/C25H32ClN3O4/c1-3-14-27-23(31)21(4-2)29(16-17-9-11-18(26)12-10-17)22(30)13-15-28-24(32)19-7-5-6-8-20(19)25(28)33/h5-6,9-12,19-21H,3-4,7-8,13-16H2,1-2H3,(H,27,31)/t19-,20+,21?. The van der Waals surface area contributed by atoms with Crippen LogP contribution in [0.25, 0.3) is 0 Å². The summed E-state index contributed by atoms with van der Waals surface area (Å²) in [5.74, 6) is -1.49. The van der Waals surface area contributed by atoms with Crippen molar-refractivity contribution in [2.24, 2.45) is 11.8 Å². The van der Waals surface area contributed by atoms with Gasteiger partial charge in [-0.1, -0.05) is 49.7 Å². The molecular weight excluding hydrogens is 442 g/mol. The van der Waals surface area contributed by atoms with E-state index in [-0.39, 0.29) is 55.0 Å². The van der Waals surface area contributed by atoms with Crippen LogP contribution in [0.5, 0.6) is 0 Å². The van der Waals surface area contributed by atoms with Gasteiger partial charge in [-0.2, -0.15) is 0 Å². The zero-order chi connectivity index (χ0) is 24.0. The molecule has 8 heteroatoms. The maximum atomic E-state index is 13.3. The first-order valence-corrected chi connectivity index (χ1v) is 12.1. The maximum absolute atomic E-state index is 13.3. The van der Waals surface area contributed by atoms with Crippen molar-refractivity contribution < 1.29 is 19.2 Å². The highest BCUT2D eigenvalue weighted by molar-refractivity contribution is 6.30. The molecule has 33 heavy (non-hydrogen) atoms. The van der Waals surface area contributed by atoms with Crippen LogP contribution in [0.15, 0.2) is 36.4 Å². The van der Waals surface area contributed by atoms with Crippen LogP contribution in [0, 0.1) is 11.8 Å². The smallest absolute Gasteiger partial charge is 0.242 e. The summed E-state index contributed by atoms with van der Waals surface area (Å²) in [4.78, 5) is 54.4. The molecule has 1 aliphatic carbocycles. The number of carbonyl (C=O) groups excluding carboxylic acids is 4. The Morgan fingerprint density at radius 3 is 2.24 bits per heavy atom. The molecule has 1 aromatic carbocycles. The van der Waals surface area contributed by atoms with Crippen molar-refractivity contribution in [3.8, 4) is 0 Å². The number of imide groups is 1. The molecule has 1 saturated heterocycles. The monoisotopic (exact) mass is 473 g/mol. The lowest BCUT2D eigenvalue weighted by molar-refractivity contribution is -0.144. The van der Waals surface area contributed by atoms with E-state index < -0.39 is 6.04 Å². The third-order valence-corrected chi connectivity index (χ3v) is 6.60. The average molecular weight is 474 g/mol. The minimum Gasteiger partial charge on any atom is -0.354 e. The fourth-order valence-corrected chi connectivity index (χ4v) is 4.64. The normalized spacial score (nSPS) is 20.5. The number of allylic oxidation sites excluding steroid dienone is 2. The Hall–Kier alpha value is -2.67. The van der Waals surface area contributed by atoms with Gasteiger partial charge in [-0.3, -0.25) is 24.1 Å². The first kappa shape index (κ1) is 25.0. The Morgan fingerprint density at radius 1 is 1.09 bits per heavy atom. The number of hydrogen-bond donors (Lipinski definition) is 1. The van der Waals surface area contributed by atoms with Gasteiger partial charge < -0.3 is 10.2 Å². The Labute approximate surface area is 200 Å². The molecule has 4 amide bonds. The highest BCUT2D eigenvalue weighted by Gasteiger charge is 2.47. The van der Waals surface area contributed by atoms with E-state index in [1.54, 1.807) is 17.0 Å². The molecule has 0 saturated carbocycles. The maximum Gasteiger partial charge on any atom is 0.242 e. The Balaban J connectivity index is 1.73. The summed E-state index contributed by atoms with van der Waals surface area (Å²) >= 11 is 5.99. The fourth-order valence-electron chi connectivity index (χ4n) is 4.51. The first-order valence-electron chi connectivity index (χ1n) is 11.7. The quantitative estimate of drug-likeness (QED) is 0.417. The topological polar surface area (TPSA) is 86.8 Å². The van der Waals surface area contributed by atoms with Crippen LogP contribution in [0.3, 0.4) is 0 Å². The highest BCUT2D eigenvalue weighted by atomic mass is 35.5. The van der Waals surface area contributed by atoms with Crippen molar-refractivity contribution >= 4 is 35.2 Å². The van der Waals surface area contributed by atoms with Crippen LogP contribution >= 0.6 is 11.6 Å². The number of amides is 4. The molecule has 3 rings (SSSR count). The van der Waals surface area contributed by atoms with Gasteiger partial charge in [0.05, 0.1) is 11.8 Å². The van der Waals surface area contributed by atoms with Crippen LogP contribution in [0.4, 0.5) is 0 Å². The molecule has 1 N–H and O–H groups in total. The number of rotatable bonds is 10. The van der Waals surface area contributed by atoms with Crippen molar-refractivity contribution in [3.63, 3.8) is 0 Å². The summed E-state index contributed by atoms with van der Waals surface area (Å²) in [5, 5.41) is 3.47. The van der Waals surface area contributed by atoms with Gasteiger partial charge in [0.2, 0.25) is 23.6 Å². The van der Waals surface area contributed by atoms with Crippen LogP contribution in [0.1, 0.15) is 51.5 Å². The minimum atomic E-state index is -0.642. The third-order valence-electron chi connectivity index (χ3n) is 6.35. The molecule has 1 aliphatic heterocycles. The lowest BCUT2D eigenvalue weighted by Gasteiger charge is -2.31. The molecule has 1 unspecified atom stereocenters. The lowest BCUT2D eigenvalue weighted by atomic mass is 9.85. The number of nitrogens with one attached hydrogen (secondary N) is 1. The lowest BCUT2D eigenvalue weighted by Crippen LogP contribution is -2.49. The van der Waals surface area contributed by atoms with Gasteiger partial charge in [0, 0.05) is 31.1 Å². The van der Waals surface area contributed by atoms with Gasteiger partial charge in [0.1, 0.15) is 6.04 Å². The molecule has 0 aromatic heterocycles. The van der Waals surface area contributed by atoms with E-state index in [0.29, 0.717) is 30.8 Å². The Bertz CT molecular complexity index is 889. The summed E-state index contributed by atoms with van der Waals surface area (Å²) in [6, 6.07) is 6.50. The number of halogens is 1. The van der Waals surface area contributed by atoms with E-state index in [1.165, 1.54) is 4.90 Å². The van der Waals surface area contributed by atoms with E-state index in [2.05, 4.69) is 5.32 Å². The molecule has 1 aromatic rings. The van der Waals surface area contributed by atoms with E-state index in [1.807, 2.05) is 38.1 Å². The fraction of sp³-hybridized carbons (Fsp3) is 0.520. The molecule has 1 fully saturated rings. The van der Waals surface area contributed by atoms with Crippen molar-refractivity contribution in [3.05, 3.63) is 47.0 Å². The van der Waals surface area contributed by atoms with Gasteiger partial charge in [-0.15, -0.1) is 0 Å². The van der Waals surface area contributed by atoms with Crippen molar-refractivity contribution in [2.45, 2.75) is 58.5 Å². The summed E-state index contributed by atoms with van der Waals surface area (Å²) in [6.45, 7) is 4.64. The molecule has 3 atom stereocenters. The molecule has 1 heterocycles. The van der Waals surface area contributed by atoms with E-state index >= 15 is 0 Å². The number of likely N-dealkylation sites (tertiary alicyclic amines) is 1. The largest absolute Gasteiger partial charge is 0.354 e. The molecule has 0 bridgehead atoms. The van der Waals surface area contributed by atoms with E-state index in [0.717, 1.165) is 12.0 Å². The van der Waals surface area contributed by atoms with Gasteiger partial charge >= 0.3 is 0 Å². The number of fused-ring (bicyclic) bond motifs is 1. The Morgan fingerprint density at radius 2 is 1.70 bits per heavy atom. The summed E-state index contributed by atoms with van der Waals surface area (Å²) in [6.07, 6.45) is 6.24. The van der Waals surface area contributed by atoms with E-state index in [4.69, 9.17) is 11.6 Å². The second-order valence-corrected chi connectivity index (χ2v) is 9.03. The van der Waals surface area contributed by atoms with Crippen LogP contribution in [-0.4, -0.2) is 52.6 Å². The van der Waals surface area contributed by atoms with Gasteiger partial charge in [-0.25, -0.2) is 0 Å². The summed E-state index contributed by atoms with van der Waals surface area (Å²) in [5.41, 5.74) is 0.847. The molecule has 7 nitrogen and oxygen atoms in total. The van der Waals surface area contributed by atoms with E-state index in [9.17, 15) is 19.2 Å². The molecule has 178 valence electrons. The highest BCUT2D eigenvalue weighted by Crippen LogP contribution is 2.35. The minimum absolute atomic E-state index is 0.0184. The molecule has 2 aliphatic rings. The summed E-state index contributed by atoms with van der Waals surface area (Å²) in [7, 11) is 0. The number of nitrogens with zero attached hydrogens (tertiary/aromatic N) is 2. The number of hydrogen-bond acceptors (Lipinski definition) is 4. The van der Waals surface area contributed by atoms with Gasteiger partial charge in [-0.05, 0) is 43.4 Å². The van der Waals surface area contributed by atoms with Crippen molar-refractivity contribution in [1.29, 1.82) is 0 Å². The van der Waals surface area contributed by atoms with Gasteiger partial charge in [0.15, 0.2) is 0 Å². The third kappa shape index (κ3) is 5.82. The predicted molar refractivity (Wildman–Crippen MR) is 126 cm³/mol. The molecule has 0 radical (unpaired) electrons. The zero-order valence-electron chi connectivity index (χ0n) is 19.3. The van der Waals surface area contributed by atoms with Crippen LogP contribution in [-0.2, 0) is 25.7 Å². The molecule has 0 spiro atoms. The average Bonchev–Trinajstić information content (AvgIpc) is 3.07. The second-order valence-electron chi connectivity index (χ2n) is 8.60. The van der Waals surface area contributed by atoms with Crippen LogP contribution in [0.2, 0.25) is 5.02 Å². The number of carbonyl (C=O) groups is 4. The first-order chi connectivity index (χ1) is 15.9. The SMILES string of the molecule is CCCNC(=O)C(CC)N(Cc1ccc(Cl)cc1)C(=O)CCN1C(=O)[C@H]2CC=CC[C@H]2C1=O. The molecular formula is C25H32ClN3O4. The van der Waals surface area contributed by atoms with Crippen molar-refractivity contribution in [1.82, 2.24) is 15.1 Å². The van der Waals surface area contributed by atoms with Crippen LogP contribution < -0.4 is 5.32 Å². The zero-order valence-corrected chi connectivity index (χ0v) is 20.0. The van der Waals surface area contributed by atoms with Gasteiger partial charge in [0.25, 0.3) is 0 Å². The number of benzene rings is 1. The Kier molecular flexibility index (Phi) is 8.67. The second kappa shape index (κ2) is 11.5. The predicted octanol–water partition coefficient (Wildman–Crippen LogP) is 3.31. The van der Waals surface area contributed by atoms with Crippen molar-refractivity contribution in [2.75, 3.05) is 13.1 Å².